The highest BCUT2D eigenvalue weighted by atomic mass is 15.1. The molecule has 19 heavy (non-hydrogen) atoms. The molecule has 0 unspecified atom stereocenters. The largest absolute Gasteiger partial charge is 0.317 e. The van der Waals surface area contributed by atoms with Crippen LogP contribution in [0, 0.1) is 5.92 Å². The van der Waals surface area contributed by atoms with Gasteiger partial charge in [0.05, 0.1) is 0 Å². The van der Waals surface area contributed by atoms with Crippen LogP contribution in [0.4, 0.5) is 0 Å². The average Bonchev–Trinajstić information content (AvgIpc) is 2.47. The maximum Gasteiger partial charge on any atom is 0.0233 e. The lowest BCUT2D eigenvalue weighted by molar-refractivity contribution is 0.296. The minimum atomic E-state index is 0.884. The second-order valence-corrected chi connectivity index (χ2v) is 5.68. The minimum Gasteiger partial charge on any atom is -0.317 e. The molecule has 2 rings (SSSR count). The van der Waals surface area contributed by atoms with Gasteiger partial charge in [0.1, 0.15) is 0 Å². The Hall–Kier alpha value is -0.860. The van der Waals surface area contributed by atoms with Crippen LogP contribution in [-0.2, 0) is 13.0 Å². The average molecular weight is 260 g/mol. The fourth-order valence-electron chi connectivity index (χ4n) is 2.91. The first-order valence-corrected chi connectivity index (χ1v) is 7.82. The summed E-state index contributed by atoms with van der Waals surface area (Å²) in [5.41, 5.74) is 2.95. The number of piperidine rings is 1. The van der Waals surface area contributed by atoms with E-state index < -0.39 is 0 Å². The third-order valence-corrected chi connectivity index (χ3v) is 4.31. The highest BCUT2D eigenvalue weighted by Crippen LogP contribution is 2.18. The van der Waals surface area contributed by atoms with E-state index in [-0.39, 0.29) is 0 Å². The maximum absolute atomic E-state index is 3.44. The molecule has 1 fully saturated rings. The van der Waals surface area contributed by atoms with Gasteiger partial charge in [0, 0.05) is 6.54 Å². The molecule has 0 saturated carbocycles. The van der Waals surface area contributed by atoms with E-state index >= 15 is 0 Å². The number of nitrogens with zero attached hydrogens (tertiary/aromatic N) is 1. The van der Waals surface area contributed by atoms with Crippen LogP contribution in [0.2, 0.25) is 0 Å². The van der Waals surface area contributed by atoms with Crippen LogP contribution in [0.5, 0.6) is 0 Å². The third-order valence-electron chi connectivity index (χ3n) is 4.31. The summed E-state index contributed by atoms with van der Waals surface area (Å²) in [7, 11) is 0. The van der Waals surface area contributed by atoms with Crippen molar-refractivity contribution < 1.29 is 0 Å². The minimum absolute atomic E-state index is 0.884. The van der Waals surface area contributed by atoms with Crippen molar-refractivity contribution in [1.82, 2.24) is 10.2 Å². The Balaban J connectivity index is 1.86. The Bertz CT molecular complexity index is 348. The van der Waals surface area contributed by atoms with Gasteiger partial charge in [0.25, 0.3) is 0 Å². The Morgan fingerprint density at radius 1 is 1.00 bits per heavy atom. The zero-order chi connectivity index (χ0) is 13.5. The van der Waals surface area contributed by atoms with Gasteiger partial charge in [0.15, 0.2) is 0 Å². The fourth-order valence-corrected chi connectivity index (χ4v) is 2.91. The normalized spacial score (nSPS) is 17.0. The molecule has 0 radical (unpaired) electrons. The molecule has 1 saturated heterocycles. The van der Waals surface area contributed by atoms with E-state index in [0.29, 0.717) is 0 Å². The Morgan fingerprint density at radius 3 is 2.16 bits per heavy atom. The molecule has 1 aliphatic rings. The molecule has 1 heterocycles. The number of hydrogen-bond donors (Lipinski definition) is 1. The Morgan fingerprint density at radius 2 is 1.58 bits per heavy atom. The van der Waals surface area contributed by atoms with Gasteiger partial charge in [-0.15, -0.1) is 0 Å². The van der Waals surface area contributed by atoms with E-state index in [4.69, 9.17) is 0 Å². The first-order valence-electron chi connectivity index (χ1n) is 7.82. The van der Waals surface area contributed by atoms with Gasteiger partial charge in [0.2, 0.25) is 0 Å². The number of benzene rings is 1. The smallest absolute Gasteiger partial charge is 0.0233 e. The van der Waals surface area contributed by atoms with Crippen LogP contribution in [0.3, 0.4) is 0 Å². The Labute approximate surface area is 118 Å². The second-order valence-electron chi connectivity index (χ2n) is 5.68. The van der Waals surface area contributed by atoms with E-state index in [1.54, 1.807) is 0 Å². The summed E-state index contributed by atoms with van der Waals surface area (Å²) < 4.78 is 0. The molecule has 2 nitrogen and oxygen atoms in total. The predicted octanol–water partition coefficient (Wildman–Crippen LogP) is 3.07. The highest BCUT2D eigenvalue weighted by Gasteiger charge is 2.13. The van der Waals surface area contributed by atoms with Crippen LogP contribution in [-0.4, -0.2) is 31.1 Å². The lowest BCUT2D eigenvalue weighted by Crippen LogP contribution is -2.28. The predicted molar refractivity (Wildman–Crippen MR) is 82.4 cm³/mol. The fraction of sp³-hybridized carbons (Fsp3) is 0.647. The summed E-state index contributed by atoms with van der Waals surface area (Å²) in [5.74, 6) is 0.884. The van der Waals surface area contributed by atoms with E-state index in [2.05, 4.69) is 48.3 Å². The van der Waals surface area contributed by atoms with E-state index in [1.165, 1.54) is 43.5 Å². The first-order chi connectivity index (χ1) is 9.31. The molecular weight excluding hydrogens is 232 g/mol. The molecule has 1 aliphatic heterocycles. The number of rotatable bonds is 6. The van der Waals surface area contributed by atoms with E-state index in [0.717, 1.165) is 25.6 Å². The summed E-state index contributed by atoms with van der Waals surface area (Å²) in [6.45, 7) is 10.2. The van der Waals surface area contributed by atoms with Gasteiger partial charge in [-0.25, -0.2) is 0 Å². The molecule has 0 spiro atoms. The molecule has 1 aromatic rings. The maximum atomic E-state index is 3.44. The van der Waals surface area contributed by atoms with Crippen molar-refractivity contribution in [3.05, 3.63) is 35.4 Å². The van der Waals surface area contributed by atoms with Crippen molar-refractivity contribution in [2.24, 2.45) is 5.92 Å². The molecule has 1 aromatic carbocycles. The van der Waals surface area contributed by atoms with Crippen molar-refractivity contribution >= 4 is 0 Å². The summed E-state index contributed by atoms with van der Waals surface area (Å²) in [5, 5.41) is 3.44. The van der Waals surface area contributed by atoms with Gasteiger partial charge < -0.3 is 5.32 Å². The van der Waals surface area contributed by atoms with Crippen LogP contribution >= 0.6 is 0 Å². The van der Waals surface area contributed by atoms with Crippen LogP contribution in [0.25, 0.3) is 0 Å². The molecule has 1 N–H and O–H groups in total. The van der Waals surface area contributed by atoms with Gasteiger partial charge in [-0.1, -0.05) is 38.1 Å². The van der Waals surface area contributed by atoms with Crippen molar-refractivity contribution in [2.45, 2.75) is 39.7 Å². The lowest BCUT2D eigenvalue weighted by atomic mass is 9.91. The third kappa shape index (κ3) is 4.63. The van der Waals surface area contributed by atoms with Gasteiger partial charge in [-0.2, -0.15) is 0 Å². The monoisotopic (exact) mass is 260 g/mol. The van der Waals surface area contributed by atoms with Crippen molar-refractivity contribution in [1.29, 1.82) is 0 Å². The molecular formula is C17H28N2. The number of hydrogen-bond acceptors (Lipinski definition) is 2. The van der Waals surface area contributed by atoms with Crippen molar-refractivity contribution in [2.75, 3.05) is 26.2 Å². The van der Waals surface area contributed by atoms with Crippen molar-refractivity contribution in [3.8, 4) is 0 Å². The zero-order valence-electron chi connectivity index (χ0n) is 12.5. The number of nitrogens with one attached hydrogen (secondary N) is 1. The topological polar surface area (TPSA) is 15.3 Å². The highest BCUT2D eigenvalue weighted by molar-refractivity contribution is 5.23. The quantitative estimate of drug-likeness (QED) is 0.845. The summed E-state index contributed by atoms with van der Waals surface area (Å²) in [4.78, 5) is 2.46. The first kappa shape index (κ1) is 14.5. The second kappa shape index (κ2) is 7.66. The standard InChI is InChI=1S/C17H28N2/c1-3-19(4-2)14-17-7-5-15(6-8-17)13-16-9-11-18-12-10-16/h5-8,16,18H,3-4,9-14H2,1-2H3. The summed E-state index contributed by atoms with van der Waals surface area (Å²) in [6.07, 6.45) is 3.93. The molecule has 0 atom stereocenters. The van der Waals surface area contributed by atoms with Crippen LogP contribution in [0.1, 0.15) is 37.8 Å². The molecule has 0 aliphatic carbocycles. The SMILES string of the molecule is CCN(CC)Cc1ccc(CC2CCNCC2)cc1. The van der Waals surface area contributed by atoms with Crippen molar-refractivity contribution in [3.63, 3.8) is 0 Å². The summed E-state index contributed by atoms with van der Waals surface area (Å²) >= 11 is 0. The van der Waals surface area contributed by atoms with Gasteiger partial charge in [-0.05, 0) is 62.5 Å². The van der Waals surface area contributed by atoms with E-state index in [1.807, 2.05) is 0 Å². The van der Waals surface area contributed by atoms with Crippen LogP contribution in [0.15, 0.2) is 24.3 Å². The molecule has 0 amide bonds. The molecule has 0 bridgehead atoms. The Kier molecular flexibility index (Phi) is 5.87. The molecule has 106 valence electrons. The lowest BCUT2D eigenvalue weighted by Gasteiger charge is -2.23. The molecule has 2 heteroatoms. The van der Waals surface area contributed by atoms with Gasteiger partial charge >= 0.3 is 0 Å². The van der Waals surface area contributed by atoms with Gasteiger partial charge in [-0.3, -0.25) is 4.90 Å². The molecule has 0 aromatic heterocycles. The zero-order valence-corrected chi connectivity index (χ0v) is 12.5. The van der Waals surface area contributed by atoms with Crippen LogP contribution < -0.4 is 5.32 Å². The van der Waals surface area contributed by atoms with E-state index in [9.17, 15) is 0 Å². The summed E-state index contributed by atoms with van der Waals surface area (Å²) in [6, 6.07) is 9.30.